The third kappa shape index (κ3) is 4.12. The summed E-state index contributed by atoms with van der Waals surface area (Å²) >= 11 is 6.01. The van der Waals surface area contributed by atoms with Gasteiger partial charge in [-0.25, -0.2) is 4.39 Å². The third-order valence-electron chi connectivity index (χ3n) is 5.42. The molecule has 2 heterocycles. The predicted octanol–water partition coefficient (Wildman–Crippen LogP) is 4.30. The Morgan fingerprint density at radius 3 is 2.97 bits per heavy atom. The number of nitrogens with zero attached hydrogens (tertiary/aromatic N) is 1. The predicted molar refractivity (Wildman–Crippen MR) is 111 cm³/mol. The monoisotopic (exact) mass is 413 g/mol. The number of rotatable bonds is 5. The Labute approximate surface area is 172 Å². The molecule has 5 nitrogen and oxygen atoms in total. The normalized spacial score (nSPS) is 16.6. The lowest BCUT2D eigenvalue weighted by Crippen LogP contribution is -2.30. The fourth-order valence-corrected chi connectivity index (χ4v) is 3.91. The van der Waals surface area contributed by atoms with Gasteiger partial charge >= 0.3 is 0 Å². The summed E-state index contributed by atoms with van der Waals surface area (Å²) in [6, 6.07) is 9.93. The zero-order valence-electron chi connectivity index (χ0n) is 16.0. The molecule has 0 saturated carbocycles. The molecule has 0 unspecified atom stereocenters. The number of fused-ring (bicyclic) bond motifs is 1. The van der Waals surface area contributed by atoms with Crippen LogP contribution in [0.2, 0.25) is 5.02 Å². The van der Waals surface area contributed by atoms with Crippen LogP contribution < -0.4 is 5.32 Å². The van der Waals surface area contributed by atoms with Crippen molar-refractivity contribution >= 4 is 40.0 Å². The van der Waals surface area contributed by atoms with Crippen LogP contribution in [0, 0.1) is 18.7 Å². The minimum atomic E-state index is -0.402. The summed E-state index contributed by atoms with van der Waals surface area (Å²) < 4.78 is 13.5. The Balaban J connectivity index is 1.39. The first-order chi connectivity index (χ1) is 13.9. The number of anilines is 1. The van der Waals surface area contributed by atoms with Crippen LogP contribution in [0.4, 0.5) is 10.1 Å². The zero-order chi connectivity index (χ0) is 20.5. The number of H-pyrrole nitrogens is 1. The highest BCUT2D eigenvalue weighted by molar-refractivity contribution is 6.31. The van der Waals surface area contributed by atoms with Gasteiger partial charge in [0, 0.05) is 47.3 Å². The molecule has 0 radical (unpaired) electrons. The van der Waals surface area contributed by atoms with Gasteiger partial charge in [0.2, 0.25) is 11.8 Å². The summed E-state index contributed by atoms with van der Waals surface area (Å²) in [6.45, 7) is 2.76. The van der Waals surface area contributed by atoms with E-state index in [0.29, 0.717) is 30.2 Å². The molecule has 2 N–H and O–H groups in total. The van der Waals surface area contributed by atoms with Gasteiger partial charge in [-0.2, -0.15) is 0 Å². The summed E-state index contributed by atoms with van der Waals surface area (Å²) in [6.07, 6.45) is 2.63. The topological polar surface area (TPSA) is 65.2 Å². The van der Waals surface area contributed by atoms with Crippen molar-refractivity contribution in [1.29, 1.82) is 0 Å². The lowest BCUT2D eigenvalue weighted by Gasteiger charge is -2.17. The van der Waals surface area contributed by atoms with Crippen LogP contribution in [0.5, 0.6) is 0 Å². The molecule has 1 fully saturated rings. The van der Waals surface area contributed by atoms with Crippen LogP contribution in [-0.2, 0) is 16.0 Å². The largest absolute Gasteiger partial charge is 0.361 e. The Hall–Kier alpha value is -2.86. The highest BCUT2D eigenvalue weighted by atomic mass is 35.5. The molecule has 150 valence electrons. The number of carbonyl (C=O) groups excluding carboxylic acids is 2. The van der Waals surface area contributed by atoms with E-state index in [1.54, 1.807) is 23.1 Å². The third-order valence-corrected chi connectivity index (χ3v) is 5.66. The van der Waals surface area contributed by atoms with Crippen molar-refractivity contribution in [2.75, 3.05) is 18.4 Å². The van der Waals surface area contributed by atoms with Gasteiger partial charge in [0.05, 0.1) is 5.92 Å². The van der Waals surface area contributed by atoms with Crippen molar-refractivity contribution < 1.29 is 14.0 Å². The number of hydrogen-bond acceptors (Lipinski definition) is 2. The van der Waals surface area contributed by atoms with E-state index in [4.69, 9.17) is 11.6 Å². The average Bonchev–Trinajstić information content (AvgIpc) is 3.26. The maximum absolute atomic E-state index is 13.5. The second-order valence-electron chi connectivity index (χ2n) is 7.44. The molecule has 0 spiro atoms. The summed E-state index contributed by atoms with van der Waals surface area (Å²) in [5.41, 5.74) is 3.39. The molecular weight excluding hydrogens is 393 g/mol. The van der Waals surface area contributed by atoms with Crippen molar-refractivity contribution in [3.8, 4) is 0 Å². The van der Waals surface area contributed by atoms with Crippen LogP contribution in [0.3, 0.4) is 0 Å². The van der Waals surface area contributed by atoms with Crippen LogP contribution in [0.25, 0.3) is 10.9 Å². The fourth-order valence-electron chi connectivity index (χ4n) is 3.74. The van der Waals surface area contributed by atoms with E-state index >= 15 is 0 Å². The number of aryl methyl sites for hydroxylation is 1. The Morgan fingerprint density at radius 2 is 2.14 bits per heavy atom. The van der Waals surface area contributed by atoms with Crippen molar-refractivity contribution in [2.45, 2.75) is 19.8 Å². The molecule has 2 aromatic carbocycles. The van der Waals surface area contributed by atoms with Crippen LogP contribution in [0.1, 0.15) is 17.5 Å². The molecule has 1 aliphatic heterocycles. The van der Waals surface area contributed by atoms with Crippen LogP contribution >= 0.6 is 11.6 Å². The molecule has 1 aliphatic rings. The Kier molecular flexibility index (Phi) is 5.28. The number of amides is 2. The molecular formula is C22H21ClFN3O2. The minimum absolute atomic E-state index is 0.0426. The summed E-state index contributed by atoms with van der Waals surface area (Å²) in [5, 5.41) is 4.25. The van der Waals surface area contributed by atoms with Crippen molar-refractivity contribution in [3.05, 3.63) is 64.6 Å². The SMILES string of the molecule is Cc1ccc(Cl)cc1NC(=O)[C@@H]1CC(=O)N(CCc2c[nH]c3ccc(F)cc23)C1. The van der Waals surface area contributed by atoms with Gasteiger partial charge in [-0.3, -0.25) is 9.59 Å². The van der Waals surface area contributed by atoms with Crippen molar-refractivity contribution in [1.82, 2.24) is 9.88 Å². The highest BCUT2D eigenvalue weighted by Crippen LogP contribution is 2.25. The van der Waals surface area contributed by atoms with Gasteiger partial charge < -0.3 is 15.2 Å². The molecule has 1 atom stereocenters. The number of nitrogens with one attached hydrogen (secondary N) is 2. The number of aromatic amines is 1. The second kappa shape index (κ2) is 7.87. The fraction of sp³-hybridized carbons (Fsp3) is 0.273. The number of likely N-dealkylation sites (tertiary alicyclic amines) is 1. The highest BCUT2D eigenvalue weighted by Gasteiger charge is 2.34. The smallest absolute Gasteiger partial charge is 0.229 e. The van der Waals surface area contributed by atoms with E-state index in [0.717, 1.165) is 22.0 Å². The van der Waals surface area contributed by atoms with Crippen molar-refractivity contribution in [3.63, 3.8) is 0 Å². The molecule has 0 aliphatic carbocycles. The molecule has 7 heteroatoms. The molecule has 2 amide bonds. The average molecular weight is 414 g/mol. The molecule has 1 saturated heterocycles. The maximum Gasteiger partial charge on any atom is 0.229 e. The number of benzene rings is 2. The van der Waals surface area contributed by atoms with Gasteiger partial charge in [0.15, 0.2) is 0 Å². The second-order valence-corrected chi connectivity index (χ2v) is 7.88. The Bertz CT molecular complexity index is 1090. The van der Waals surface area contributed by atoms with Crippen molar-refractivity contribution in [2.24, 2.45) is 5.92 Å². The van der Waals surface area contributed by atoms with E-state index in [1.165, 1.54) is 12.1 Å². The van der Waals surface area contributed by atoms with E-state index in [9.17, 15) is 14.0 Å². The van der Waals surface area contributed by atoms with E-state index in [1.807, 2.05) is 19.2 Å². The van der Waals surface area contributed by atoms with Gasteiger partial charge in [0.25, 0.3) is 0 Å². The molecule has 29 heavy (non-hydrogen) atoms. The number of aromatic nitrogens is 1. The summed E-state index contributed by atoms with van der Waals surface area (Å²) in [7, 11) is 0. The lowest BCUT2D eigenvalue weighted by molar-refractivity contribution is -0.128. The van der Waals surface area contributed by atoms with E-state index in [-0.39, 0.29) is 24.1 Å². The molecule has 4 rings (SSSR count). The number of hydrogen-bond donors (Lipinski definition) is 2. The van der Waals surface area contributed by atoms with Gasteiger partial charge in [0.1, 0.15) is 5.82 Å². The first kappa shape index (κ1) is 19.5. The molecule has 0 bridgehead atoms. The van der Waals surface area contributed by atoms with E-state index in [2.05, 4.69) is 10.3 Å². The standard InChI is InChI=1S/C22H21ClFN3O2/c1-13-2-3-16(23)9-20(13)26-22(29)15-8-21(28)27(12-15)7-6-14-11-25-19-5-4-17(24)10-18(14)19/h2-5,9-11,15,25H,6-8,12H2,1H3,(H,26,29)/t15-/m1/s1. The maximum atomic E-state index is 13.5. The molecule has 1 aromatic heterocycles. The minimum Gasteiger partial charge on any atom is -0.361 e. The van der Waals surface area contributed by atoms with Gasteiger partial charge in [-0.1, -0.05) is 17.7 Å². The quantitative estimate of drug-likeness (QED) is 0.655. The zero-order valence-corrected chi connectivity index (χ0v) is 16.7. The number of carbonyl (C=O) groups is 2. The Morgan fingerprint density at radius 1 is 1.31 bits per heavy atom. The van der Waals surface area contributed by atoms with E-state index < -0.39 is 5.92 Å². The van der Waals surface area contributed by atoms with Gasteiger partial charge in [-0.05, 0) is 54.8 Å². The first-order valence-corrected chi connectivity index (χ1v) is 9.89. The summed E-state index contributed by atoms with van der Waals surface area (Å²) in [4.78, 5) is 29.9. The van der Waals surface area contributed by atoms with Crippen LogP contribution in [-0.4, -0.2) is 34.8 Å². The number of halogens is 2. The first-order valence-electron chi connectivity index (χ1n) is 9.51. The van der Waals surface area contributed by atoms with Gasteiger partial charge in [-0.15, -0.1) is 0 Å². The lowest BCUT2D eigenvalue weighted by atomic mass is 10.1. The molecule has 3 aromatic rings. The summed E-state index contributed by atoms with van der Waals surface area (Å²) in [5.74, 6) is -0.913. The van der Waals surface area contributed by atoms with Crippen LogP contribution in [0.15, 0.2) is 42.6 Å².